The molecule has 0 bridgehead atoms. The van der Waals surface area contributed by atoms with Gasteiger partial charge in [-0.2, -0.15) is 0 Å². The number of nitrogens with one attached hydrogen (secondary N) is 2. The van der Waals surface area contributed by atoms with Crippen molar-refractivity contribution in [3.63, 3.8) is 0 Å². The SMILES string of the molecule is Bc1cccc(-c2c[nH]c(C(C)NCc3ccc(OC)c(OC)c3)n2)c1. The van der Waals surface area contributed by atoms with Crippen molar-refractivity contribution >= 4 is 13.3 Å². The van der Waals surface area contributed by atoms with Gasteiger partial charge in [-0.1, -0.05) is 35.8 Å². The largest absolute Gasteiger partial charge is 0.493 e. The lowest BCUT2D eigenvalue weighted by Gasteiger charge is -2.13. The highest BCUT2D eigenvalue weighted by Crippen LogP contribution is 2.27. The normalized spacial score (nSPS) is 12.0. The molecule has 0 amide bonds. The number of aromatic amines is 1. The minimum Gasteiger partial charge on any atom is -0.493 e. The molecule has 0 saturated heterocycles. The lowest BCUT2D eigenvalue weighted by atomic mass is 9.94. The molecule has 0 spiro atoms. The van der Waals surface area contributed by atoms with Crippen molar-refractivity contribution in [2.75, 3.05) is 14.2 Å². The van der Waals surface area contributed by atoms with Gasteiger partial charge in [0.2, 0.25) is 0 Å². The smallest absolute Gasteiger partial charge is 0.161 e. The molecule has 1 aromatic heterocycles. The van der Waals surface area contributed by atoms with E-state index in [0.717, 1.165) is 34.1 Å². The van der Waals surface area contributed by atoms with Crippen LogP contribution in [0.2, 0.25) is 0 Å². The van der Waals surface area contributed by atoms with Crippen molar-refractivity contribution in [3.8, 4) is 22.8 Å². The lowest BCUT2D eigenvalue weighted by Crippen LogP contribution is -2.19. The summed E-state index contributed by atoms with van der Waals surface area (Å²) >= 11 is 0. The van der Waals surface area contributed by atoms with Gasteiger partial charge >= 0.3 is 0 Å². The highest BCUT2D eigenvalue weighted by atomic mass is 16.5. The van der Waals surface area contributed by atoms with Gasteiger partial charge < -0.3 is 19.8 Å². The third-order valence-corrected chi connectivity index (χ3v) is 4.38. The Balaban J connectivity index is 1.66. The molecule has 0 radical (unpaired) electrons. The van der Waals surface area contributed by atoms with Crippen molar-refractivity contribution in [3.05, 3.63) is 60.0 Å². The van der Waals surface area contributed by atoms with Crippen LogP contribution >= 0.6 is 0 Å². The van der Waals surface area contributed by atoms with Crippen molar-refractivity contribution in [1.82, 2.24) is 15.3 Å². The standard InChI is InChI=1S/C20H24BN3O2/c1-13(22-11-14-7-8-18(25-2)19(9-14)26-3)20-23-12-17(24-20)15-5-4-6-16(21)10-15/h4-10,12-13,22H,11,21H2,1-3H3,(H,23,24). The molecule has 1 heterocycles. The maximum absolute atomic E-state index is 5.36. The molecule has 0 aliphatic rings. The Hall–Kier alpha value is -2.73. The predicted molar refractivity (Wildman–Crippen MR) is 107 cm³/mol. The van der Waals surface area contributed by atoms with E-state index < -0.39 is 0 Å². The molecule has 2 aromatic carbocycles. The van der Waals surface area contributed by atoms with Crippen LogP contribution in [-0.2, 0) is 6.54 Å². The summed E-state index contributed by atoms with van der Waals surface area (Å²) in [7, 11) is 5.37. The fraction of sp³-hybridized carbons (Fsp3) is 0.250. The Labute approximate surface area is 155 Å². The maximum atomic E-state index is 5.36. The number of hydrogen-bond acceptors (Lipinski definition) is 4. The molecule has 26 heavy (non-hydrogen) atoms. The fourth-order valence-corrected chi connectivity index (χ4v) is 2.87. The molecule has 3 rings (SSSR count). The minimum absolute atomic E-state index is 0.0988. The van der Waals surface area contributed by atoms with Gasteiger partial charge in [-0.3, -0.25) is 0 Å². The predicted octanol–water partition coefficient (Wildman–Crippen LogP) is 2.20. The van der Waals surface area contributed by atoms with Gasteiger partial charge in [-0.05, 0) is 24.6 Å². The molecule has 5 nitrogen and oxygen atoms in total. The number of rotatable bonds is 7. The van der Waals surface area contributed by atoms with E-state index in [0.29, 0.717) is 6.54 Å². The maximum Gasteiger partial charge on any atom is 0.161 e. The van der Waals surface area contributed by atoms with Gasteiger partial charge in [0.1, 0.15) is 13.7 Å². The van der Waals surface area contributed by atoms with E-state index in [1.54, 1.807) is 14.2 Å². The van der Waals surface area contributed by atoms with Crippen LogP contribution in [0.1, 0.15) is 24.4 Å². The van der Waals surface area contributed by atoms with E-state index in [-0.39, 0.29) is 6.04 Å². The number of benzene rings is 2. The molecular weight excluding hydrogens is 325 g/mol. The van der Waals surface area contributed by atoms with Gasteiger partial charge in [0.25, 0.3) is 0 Å². The molecule has 2 N–H and O–H groups in total. The fourth-order valence-electron chi connectivity index (χ4n) is 2.87. The zero-order chi connectivity index (χ0) is 18.5. The summed E-state index contributed by atoms with van der Waals surface area (Å²) in [5, 5.41) is 3.49. The van der Waals surface area contributed by atoms with Crippen LogP contribution in [0.3, 0.4) is 0 Å². The summed E-state index contributed by atoms with van der Waals surface area (Å²) in [6.07, 6.45) is 1.96. The first-order chi connectivity index (χ1) is 12.6. The Morgan fingerprint density at radius 1 is 1.12 bits per heavy atom. The molecule has 1 unspecified atom stereocenters. The topological polar surface area (TPSA) is 59.2 Å². The molecule has 134 valence electrons. The monoisotopic (exact) mass is 349 g/mol. The highest BCUT2D eigenvalue weighted by Gasteiger charge is 2.11. The number of H-pyrrole nitrogens is 1. The minimum atomic E-state index is 0.0988. The summed E-state index contributed by atoms with van der Waals surface area (Å²) in [4.78, 5) is 8.01. The van der Waals surface area contributed by atoms with Crippen molar-refractivity contribution in [2.24, 2.45) is 0 Å². The van der Waals surface area contributed by atoms with Crippen LogP contribution in [0, 0.1) is 0 Å². The molecule has 0 aliphatic carbocycles. The molecule has 6 heteroatoms. The average Bonchev–Trinajstić information content (AvgIpc) is 3.16. The van der Waals surface area contributed by atoms with Crippen molar-refractivity contribution in [1.29, 1.82) is 0 Å². The average molecular weight is 349 g/mol. The summed E-state index contributed by atoms with van der Waals surface area (Å²) in [5.41, 5.74) is 4.44. The Kier molecular flexibility index (Phi) is 5.63. The first kappa shape index (κ1) is 18.1. The van der Waals surface area contributed by atoms with Crippen LogP contribution in [0.25, 0.3) is 11.3 Å². The first-order valence-electron chi connectivity index (χ1n) is 8.67. The van der Waals surface area contributed by atoms with Gasteiger partial charge in [0, 0.05) is 18.3 Å². The number of methoxy groups -OCH3 is 2. The summed E-state index contributed by atoms with van der Waals surface area (Å²) < 4.78 is 10.6. The molecule has 0 saturated carbocycles. The highest BCUT2D eigenvalue weighted by molar-refractivity contribution is 6.32. The van der Waals surface area contributed by atoms with Crippen LogP contribution in [0.4, 0.5) is 0 Å². The quantitative estimate of drug-likeness (QED) is 0.642. The number of imidazole rings is 1. The first-order valence-corrected chi connectivity index (χ1v) is 8.67. The Morgan fingerprint density at radius 3 is 2.65 bits per heavy atom. The number of aromatic nitrogens is 2. The van der Waals surface area contributed by atoms with Gasteiger partial charge in [-0.15, -0.1) is 0 Å². The number of ether oxygens (including phenoxy) is 2. The summed E-state index contributed by atoms with van der Waals surface area (Å²) in [5.74, 6) is 2.39. The van der Waals surface area contributed by atoms with Gasteiger partial charge in [0.05, 0.1) is 26.0 Å². The molecule has 1 atom stereocenters. The van der Waals surface area contributed by atoms with E-state index in [4.69, 9.17) is 14.5 Å². The lowest BCUT2D eigenvalue weighted by molar-refractivity contribution is 0.354. The second-order valence-electron chi connectivity index (χ2n) is 6.33. The third-order valence-electron chi connectivity index (χ3n) is 4.38. The molecule has 3 aromatic rings. The molecule has 0 fully saturated rings. The van der Waals surface area contributed by atoms with E-state index in [1.807, 2.05) is 24.4 Å². The number of nitrogens with zero attached hydrogens (tertiary/aromatic N) is 1. The van der Waals surface area contributed by atoms with Crippen LogP contribution in [0.15, 0.2) is 48.7 Å². The van der Waals surface area contributed by atoms with Crippen molar-refractivity contribution in [2.45, 2.75) is 19.5 Å². The summed E-state index contributed by atoms with van der Waals surface area (Å²) in [6, 6.07) is 14.4. The number of hydrogen-bond donors (Lipinski definition) is 2. The zero-order valence-corrected chi connectivity index (χ0v) is 15.7. The Bertz CT molecular complexity index is 879. The van der Waals surface area contributed by atoms with E-state index >= 15 is 0 Å². The van der Waals surface area contributed by atoms with Crippen LogP contribution < -0.4 is 20.3 Å². The van der Waals surface area contributed by atoms with E-state index in [9.17, 15) is 0 Å². The summed E-state index contributed by atoms with van der Waals surface area (Å²) in [6.45, 7) is 2.81. The van der Waals surface area contributed by atoms with E-state index in [2.05, 4.69) is 49.3 Å². The van der Waals surface area contributed by atoms with Gasteiger partial charge in [-0.25, -0.2) is 4.98 Å². The van der Waals surface area contributed by atoms with Crippen LogP contribution in [-0.4, -0.2) is 32.0 Å². The second kappa shape index (κ2) is 8.10. The zero-order valence-electron chi connectivity index (χ0n) is 15.7. The van der Waals surface area contributed by atoms with Crippen molar-refractivity contribution < 1.29 is 9.47 Å². The van der Waals surface area contributed by atoms with Crippen LogP contribution in [0.5, 0.6) is 11.5 Å². The Morgan fingerprint density at radius 2 is 1.92 bits per heavy atom. The van der Waals surface area contributed by atoms with E-state index in [1.165, 1.54) is 5.46 Å². The van der Waals surface area contributed by atoms with Gasteiger partial charge in [0.15, 0.2) is 11.5 Å². The molecular formula is C20H24BN3O2. The third kappa shape index (κ3) is 4.08. The molecule has 0 aliphatic heterocycles. The second-order valence-corrected chi connectivity index (χ2v) is 6.33.